The predicted octanol–water partition coefficient (Wildman–Crippen LogP) is 3.60. The van der Waals surface area contributed by atoms with E-state index in [0.29, 0.717) is 28.8 Å². The normalized spacial score (nSPS) is 10.2. The highest BCUT2D eigenvalue weighted by atomic mass is 35.5. The van der Waals surface area contributed by atoms with Gasteiger partial charge in [-0.1, -0.05) is 36.7 Å². The third-order valence-electron chi connectivity index (χ3n) is 3.72. The van der Waals surface area contributed by atoms with Gasteiger partial charge in [0.05, 0.1) is 19.3 Å². The zero-order valence-electron chi connectivity index (χ0n) is 15.4. The third kappa shape index (κ3) is 6.49. The molecule has 0 fully saturated rings. The predicted molar refractivity (Wildman–Crippen MR) is 105 cm³/mol. The van der Waals surface area contributed by atoms with Gasteiger partial charge in [0.2, 0.25) is 5.91 Å². The Labute approximate surface area is 164 Å². The van der Waals surface area contributed by atoms with Crippen LogP contribution in [-0.2, 0) is 9.59 Å². The Morgan fingerprint density at radius 2 is 1.93 bits per heavy atom. The molecule has 0 radical (unpaired) electrons. The number of carbonyl (C=O) groups excluding carboxylic acids is 2. The van der Waals surface area contributed by atoms with Crippen LogP contribution in [0.3, 0.4) is 0 Å². The molecule has 27 heavy (non-hydrogen) atoms. The molecule has 0 heterocycles. The van der Waals surface area contributed by atoms with Crippen LogP contribution in [0.1, 0.15) is 13.3 Å². The van der Waals surface area contributed by atoms with Gasteiger partial charge in [-0.2, -0.15) is 0 Å². The third-order valence-corrected chi connectivity index (χ3v) is 3.96. The van der Waals surface area contributed by atoms with Gasteiger partial charge in [-0.05, 0) is 36.8 Å². The maximum atomic E-state index is 12.5. The number of anilines is 1. The first-order valence-corrected chi connectivity index (χ1v) is 9.00. The Bertz CT molecular complexity index is 782. The highest BCUT2D eigenvalue weighted by Gasteiger charge is 2.18. The van der Waals surface area contributed by atoms with Crippen LogP contribution < -0.4 is 14.8 Å². The summed E-state index contributed by atoms with van der Waals surface area (Å²) in [5.74, 6) is 0.491. The molecule has 0 aliphatic rings. The zero-order valence-corrected chi connectivity index (χ0v) is 16.2. The minimum absolute atomic E-state index is 0.0658. The number of rotatable bonds is 9. The summed E-state index contributed by atoms with van der Waals surface area (Å²) in [5, 5.41) is 3.30. The number of methoxy groups -OCH3 is 1. The second kappa shape index (κ2) is 10.4. The van der Waals surface area contributed by atoms with E-state index in [1.54, 1.807) is 42.5 Å². The van der Waals surface area contributed by atoms with Gasteiger partial charge in [0.1, 0.15) is 11.5 Å². The molecule has 2 rings (SSSR count). The molecule has 0 bridgehead atoms. The van der Waals surface area contributed by atoms with E-state index in [-0.39, 0.29) is 25.0 Å². The Hall–Kier alpha value is -2.73. The molecule has 7 heteroatoms. The molecule has 0 unspecified atom stereocenters. The lowest BCUT2D eigenvalue weighted by molar-refractivity contribution is -0.136. The number of benzene rings is 2. The first kappa shape index (κ1) is 20.6. The fourth-order valence-corrected chi connectivity index (χ4v) is 2.65. The minimum atomic E-state index is -0.302. The number of halogens is 1. The van der Waals surface area contributed by atoms with Crippen molar-refractivity contribution in [3.63, 3.8) is 0 Å². The van der Waals surface area contributed by atoms with Crippen molar-refractivity contribution in [3.8, 4) is 11.5 Å². The quantitative estimate of drug-likeness (QED) is 0.710. The molecule has 0 aromatic heterocycles. The van der Waals surface area contributed by atoms with Crippen LogP contribution >= 0.6 is 11.6 Å². The van der Waals surface area contributed by atoms with Gasteiger partial charge in [0.15, 0.2) is 6.61 Å². The number of carbonyl (C=O) groups is 2. The fraction of sp³-hybridized carbons (Fsp3) is 0.300. The Morgan fingerprint density at radius 3 is 2.63 bits per heavy atom. The molecular formula is C20H23ClN2O4. The maximum absolute atomic E-state index is 12.5. The Balaban J connectivity index is 1.94. The van der Waals surface area contributed by atoms with Crippen molar-refractivity contribution in [3.05, 3.63) is 53.6 Å². The molecule has 6 nitrogen and oxygen atoms in total. The molecular weight excluding hydrogens is 368 g/mol. The highest BCUT2D eigenvalue weighted by molar-refractivity contribution is 6.30. The topological polar surface area (TPSA) is 67.9 Å². The summed E-state index contributed by atoms with van der Waals surface area (Å²) < 4.78 is 10.7. The van der Waals surface area contributed by atoms with E-state index in [1.165, 1.54) is 12.0 Å². The van der Waals surface area contributed by atoms with E-state index in [9.17, 15) is 9.59 Å². The van der Waals surface area contributed by atoms with Gasteiger partial charge >= 0.3 is 0 Å². The maximum Gasteiger partial charge on any atom is 0.260 e. The number of para-hydroxylation sites is 2. The number of hydrogen-bond acceptors (Lipinski definition) is 4. The standard InChI is InChI=1S/C20H23ClN2O4/c1-3-11-23(20(25)14-27-16-8-6-7-15(21)12-16)13-19(24)22-17-9-4-5-10-18(17)26-2/h4-10,12H,3,11,13-14H2,1-2H3,(H,22,24). The lowest BCUT2D eigenvalue weighted by atomic mass is 10.3. The zero-order chi connectivity index (χ0) is 19.6. The van der Waals surface area contributed by atoms with Crippen molar-refractivity contribution < 1.29 is 19.1 Å². The molecule has 0 saturated heterocycles. The van der Waals surface area contributed by atoms with Crippen LogP contribution in [0, 0.1) is 0 Å². The molecule has 144 valence electrons. The van der Waals surface area contributed by atoms with Gasteiger partial charge in [-0.25, -0.2) is 0 Å². The second-order valence-electron chi connectivity index (χ2n) is 5.81. The van der Waals surface area contributed by atoms with Crippen molar-refractivity contribution in [1.82, 2.24) is 4.90 Å². The minimum Gasteiger partial charge on any atom is -0.495 e. The Morgan fingerprint density at radius 1 is 1.15 bits per heavy atom. The number of hydrogen-bond donors (Lipinski definition) is 1. The number of nitrogens with zero attached hydrogens (tertiary/aromatic N) is 1. The van der Waals surface area contributed by atoms with Crippen LogP contribution in [0.15, 0.2) is 48.5 Å². The van der Waals surface area contributed by atoms with Gasteiger partial charge < -0.3 is 19.7 Å². The Kier molecular flexibility index (Phi) is 7.95. The first-order valence-electron chi connectivity index (χ1n) is 8.62. The van der Waals surface area contributed by atoms with Gasteiger partial charge in [-0.15, -0.1) is 0 Å². The van der Waals surface area contributed by atoms with Crippen molar-refractivity contribution in [2.24, 2.45) is 0 Å². The molecule has 0 saturated carbocycles. The van der Waals surface area contributed by atoms with Crippen molar-refractivity contribution >= 4 is 29.1 Å². The summed E-state index contributed by atoms with van der Waals surface area (Å²) in [6, 6.07) is 13.9. The molecule has 0 aliphatic carbocycles. The molecule has 0 atom stereocenters. The molecule has 2 aromatic rings. The summed E-state index contributed by atoms with van der Waals surface area (Å²) in [6.07, 6.45) is 0.727. The summed E-state index contributed by atoms with van der Waals surface area (Å²) in [4.78, 5) is 26.3. The van der Waals surface area contributed by atoms with Gasteiger partial charge in [0.25, 0.3) is 5.91 Å². The van der Waals surface area contributed by atoms with Crippen LogP contribution in [-0.4, -0.2) is 43.5 Å². The second-order valence-corrected chi connectivity index (χ2v) is 6.25. The first-order chi connectivity index (χ1) is 13.0. The van der Waals surface area contributed by atoms with Crippen LogP contribution in [0.25, 0.3) is 0 Å². The summed E-state index contributed by atoms with van der Waals surface area (Å²) in [7, 11) is 1.53. The smallest absolute Gasteiger partial charge is 0.260 e. The number of nitrogens with one attached hydrogen (secondary N) is 1. The summed E-state index contributed by atoms with van der Waals surface area (Å²) in [6.45, 7) is 2.17. The molecule has 0 spiro atoms. The van der Waals surface area contributed by atoms with Crippen LogP contribution in [0.4, 0.5) is 5.69 Å². The van der Waals surface area contributed by atoms with E-state index in [4.69, 9.17) is 21.1 Å². The highest BCUT2D eigenvalue weighted by Crippen LogP contribution is 2.23. The van der Waals surface area contributed by atoms with Crippen molar-refractivity contribution in [2.75, 3.05) is 32.1 Å². The number of ether oxygens (including phenoxy) is 2. The monoisotopic (exact) mass is 390 g/mol. The van der Waals surface area contributed by atoms with Gasteiger partial charge in [-0.3, -0.25) is 9.59 Å². The summed E-state index contributed by atoms with van der Waals surface area (Å²) in [5.41, 5.74) is 0.559. The van der Waals surface area contributed by atoms with E-state index in [2.05, 4.69) is 5.32 Å². The lowest BCUT2D eigenvalue weighted by Gasteiger charge is -2.22. The molecule has 0 aliphatic heterocycles. The molecule has 2 aromatic carbocycles. The summed E-state index contributed by atoms with van der Waals surface area (Å²) >= 11 is 5.90. The SMILES string of the molecule is CCCN(CC(=O)Nc1ccccc1OC)C(=O)COc1cccc(Cl)c1. The van der Waals surface area contributed by atoms with Crippen LogP contribution in [0.2, 0.25) is 5.02 Å². The van der Waals surface area contributed by atoms with Crippen molar-refractivity contribution in [1.29, 1.82) is 0 Å². The van der Waals surface area contributed by atoms with E-state index in [1.807, 2.05) is 13.0 Å². The lowest BCUT2D eigenvalue weighted by Crippen LogP contribution is -2.41. The molecule has 1 N–H and O–H groups in total. The number of amides is 2. The van der Waals surface area contributed by atoms with Crippen LogP contribution in [0.5, 0.6) is 11.5 Å². The molecule has 2 amide bonds. The van der Waals surface area contributed by atoms with Gasteiger partial charge in [0, 0.05) is 11.6 Å². The van der Waals surface area contributed by atoms with E-state index < -0.39 is 0 Å². The average Bonchev–Trinajstić information content (AvgIpc) is 2.66. The largest absolute Gasteiger partial charge is 0.495 e. The van der Waals surface area contributed by atoms with E-state index in [0.717, 1.165) is 6.42 Å². The fourth-order valence-electron chi connectivity index (χ4n) is 2.47. The van der Waals surface area contributed by atoms with Crippen molar-refractivity contribution in [2.45, 2.75) is 13.3 Å². The average molecular weight is 391 g/mol. The van der Waals surface area contributed by atoms with E-state index >= 15 is 0 Å².